The normalized spacial score (nSPS) is 26.3. The molecule has 0 unspecified atom stereocenters. The van der Waals surface area contributed by atoms with Gasteiger partial charge in [0.2, 0.25) is 5.95 Å². The van der Waals surface area contributed by atoms with Gasteiger partial charge < -0.3 is 10.0 Å². The van der Waals surface area contributed by atoms with Crippen molar-refractivity contribution in [3.63, 3.8) is 0 Å². The summed E-state index contributed by atoms with van der Waals surface area (Å²) in [5.41, 5.74) is 6.41. The smallest absolute Gasteiger partial charge is 0.225 e. The minimum Gasteiger partial charge on any atom is -0.396 e. The van der Waals surface area contributed by atoms with E-state index in [1.165, 1.54) is 35.4 Å². The van der Waals surface area contributed by atoms with Crippen LogP contribution in [-0.4, -0.2) is 55.5 Å². The number of rotatable bonds is 5. The topological polar surface area (TPSA) is 70.3 Å². The lowest BCUT2D eigenvalue weighted by molar-refractivity contribution is 0.165. The number of aliphatic hydroxyl groups excluding tert-OH is 1. The highest BCUT2D eigenvalue weighted by Crippen LogP contribution is 2.44. The Morgan fingerprint density at radius 3 is 2.83 bits per heavy atom. The summed E-state index contributed by atoms with van der Waals surface area (Å²) in [7, 11) is 0. The molecule has 0 radical (unpaired) electrons. The van der Waals surface area contributed by atoms with Gasteiger partial charge in [0.05, 0.1) is 11.4 Å². The number of hydrogen-bond acceptors (Lipinski definition) is 6. The molecule has 2 saturated heterocycles. The van der Waals surface area contributed by atoms with Gasteiger partial charge in [0.15, 0.2) is 0 Å². The number of fused-ring (bicyclic) bond motifs is 4. The molecule has 5 heterocycles. The largest absolute Gasteiger partial charge is 0.396 e. The summed E-state index contributed by atoms with van der Waals surface area (Å²) in [6, 6.07) is 0.976. The maximum Gasteiger partial charge on any atom is 0.225 e. The van der Waals surface area contributed by atoms with Gasteiger partial charge >= 0.3 is 0 Å². The second kappa shape index (κ2) is 7.93. The van der Waals surface area contributed by atoms with Crippen molar-refractivity contribution in [3.8, 4) is 0 Å². The average Bonchev–Trinajstić information content (AvgIpc) is 3.21. The molecule has 0 spiro atoms. The zero-order valence-corrected chi connectivity index (χ0v) is 18.5. The van der Waals surface area contributed by atoms with Crippen molar-refractivity contribution >= 4 is 5.95 Å². The third-order valence-electron chi connectivity index (χ3n) is 7.55. The van der Waals surface area contributed by atoms with E-state index in [0.29, 0.717) is 18.0 Å². The summed E-state index contributed by atoms with van der Waals surface area (Å²) in [6.45, 7) is 10.5. The molecule has 2 fully saturated rings. The van der Waals surface area contributed by atoms with Crippen LogP contribution >= 0.6 is 0 Å². The summed E-state index contributed by atoms with van der Waals surface area (Å²) >= 11 is 0. The fourth-order valence-corrected chi connectivity index (χ4v) is 5.81. The summed E-state index contributed by atoms with van der Waals surface area (Å²) in [4.78, 5) is 14.8. The number of anilines is 1. The number of hydrogen-bond donors (Lipinski definition) is 1. The van der Waals surface area contributed by atoms with Crippen molar-refractivity contribution in [1.82, 2.24) is 24.6 Å². The van der Waals surface area contributed by atoms with Crippen molar-refractivity contribution in [1.29, 1.82) is 0 Å². The SMILES string of the molecule is CCn1nc(C)c(CN2[C@H]3CC[C@H]2c2cnc(N4CCC[C@@H](CO)C4)nc2C3)c1C. The van der Waals surface area contributed by atoms with Crippen LogP contribution < -0.4 is 4.90 Å². The number of aliphatic hydroxyl groups is 1. The average molecular weight is 411 g/mol. The summed E-state index contributed by atoms with van der Waals surface area (Å²) in [6.07, 6.45) is 7.73. The second-order valence-corrected chi connectivity index (χ2v) is 9.30. The maximum absolute atomic E-state index is 9.55. The van der Waals surface area contributed by atoms with Gasteiger partial charge in [-0.3, -0.25) is 9.58 Å². The van der Waals surface area contributed by atoms with Crippen LogP contribution in [0, 0.1) is 19.8 Å². The van der Waals surface area contributed by atoms with Crippen molar-refractivity contribution in [2.45, 2.75) is 78.0 Å². The third kappa shape index (κ3) is 3.32. The van der Waals surface area contributed by atoms with Crippen molar-refractivity contribution in [2.75, 3.05) is 24.6 Å². The Morgan fingerprint density at radius 2 is 2.07 bits per heavy atom. The molecular formula is C23H34N6O. The molecule has 5 rings (SSSR count). The molecule has 3 atom stereocenters. The van der Waals surface area contributed by atoms with E-state index < -0.39 is 0 Å². The lowest BCUT2D eigenvalue weighted by Crippen LogP contribution is -2.40. The summed E-state index contributed by atoms with van der Waals surface area (Å²) in [5.74, 6) is 1.20. The second-order valence-electron chi connectivity index (χ2n) is 9.30. The number of aromatic nitrogens is 4. The third-order valence-corrected chi connectivity index (χ3v) is 7.55. The van der Waals surface area contributed by atoms with Gasteiger partial charge in [-0.1, -0.05) is 0 Å². The van der Waals surface area contributed by atoms with E-state index in [4.69, 9.17) is 15.1 Å². The van der Waals surface area contributed by atoms with Crippen LogP contribution in [0.1, 0.15) is 66.9 Å². The van der Waals surface area contributed by atoms with Gasteiger partial charge in [-0.2, -0.15) is 5.10 Å². The predicted octanol–water partition coefficient (Wildman–Crippen LogP) is 2.78. The highest BCUT2D eigenvalue weighted by Gasteiger charge is 2.41. The maximum atomic E-state index is 9.55. The number of nitrogens with zero attached hydrogens (tertiary/aromatic N) is 6. The van der Waals surface area contributed by atoms with Gasteiger partial charge in [-0.05, 0) is 52.4 Å². The minimum absolute atomic E-state index is 0.258. The molecular weight excluding hydrogens is 376 g/mol. The van der Waals surface area contributed by atoms with Crippen molar-refractivity contribution < 1.29 is 5.11 Å². The predicted molar refractivity (Wildman–Crippen MR) is 116 cm³/mol. The molecule has 0 aliphatic carbocycles. The zero-order chi connectivity index (χ0) is 20.8. The van der Waals surface area contributed by atoms with Gasteiger partial charge in [0, 0.05) is 74.3 Å². The van der Waals surface area contributed by atoms with Crippen LogP contribution in [0.3, 0.4) is 0 Å². The molecule has 2 aromatic heterocycles. The summed E-state index contributed by atoms with van der Waals surface area (Å²) in [5, 5.41) is 14.3. The fraction of sp³-hybridized carbons (Fsp3) is 0.696. The molecule has 30 heavy (non-hydrogen) atoms. The first-order chi connectivity index (χ1) is 14.6. The van der Waals surface area contributed by atoms with Crippen LogP contribution in [0.25, 0.3) is 0 Å². The van der Waals surface area contributed by atoms with Crippen LogP contribution in [-0.2, 0) is 19.5 Å². The Labute approximate surface area is 179 Å². The molecule has 2 bridgehead atoms. The monoisotopic (exact) mass is 410 g/mol. The minimum atomic E-state index is 0.258. The van der Waals surface area contributed by atoms with E-state index in [1.807, 2.05) is 0 Å². The van der Waals surface area contributed by atoms with Crippen LogP contribution in [0.2, 0.25) is 0 Å². The lowest BCUT2D eigenvalue weighted by Gasteiger charge is -2.37. The first-order valence-corrected chi connectivity index (χ1v) is 11.6. The molecule has 2 aromatic rings. The van der Waals surface area contributed by atoms with E-state index in [-0.39, 0.29) is 6.61 Å². The lowest BCUT2D eigenvalue weighted by atomic mass is 9.97. The highest BCUT2D eigenvalue weighted by molar-refractivity contribution is 5.38. The quantitative estimate of drug-likeness (QED) is 0.817. The van der Waals surface area contributed by atoms with Crippen molar-refractivity contribution in [3.05, 3.63) is 34.4 Å². The molecule has 7 heteroatoms. The van der Waals surface area contributed by atoms with Gasteiger partial charge in [-0.25, -0.2) is 9.97 Å². The van der Waals surface area contributed by atoms with E-state index in [9.17, 15) is 5.11 Å². The Bertz CT molecular complexity index is 925. The Morgan fingerprint density at radius 1 is 1.20 bits per heavy atom. The number of piperidine rings is 1. The molecule has 0 aromatic carbocycles. The van der Waals surface area contributed by atoms with E-state index >= 15 is 0 Å². The Balaban J connectivity index is 1.38. The van der Waals surface area contributed by atoms with Crippen LogP contribution in [0.5, 0.6) is 0 Å². The Hall–Kier alpha value is -1.99. The molecule has 3 aliphatic heterocycles. The molecule has 1 N–H and O–H groups in total. The molecule has 3 aliphatic rings. The van der Waals surface area contributed by atoms with Gasteiger partial charge in [0.1, 0.15) is 0 Å². The first kappa shape index (κ1) is 19.9. The van der Waals surface area contributed by atoms with E-state index in [2.05, 4.69) is 41.4 Å². The zero-order valence-electron chi connectivity index (χ0n) is 18.5. The molecule has 0 amide bonds. The molecule has 162 valence electrons. The van der Waals surface area contributed by atoms with Gasteiger partial charge in [0.25, 0.3) is 0 Å². The van der Waals surface area contributed by atoms with Crippen molar-refractivity contribution in [2.24, 2.45) is 5.92 Å². The summed E-state index contributed by atoms with van der Waals surface area (Å²) < 4.78 is 2.12. The first-order valence-electron chi connectivity index (χ1n) is 11.6. The van der Waals surface area contributed by atoms with Crippen LogP contribution in [0.4, 0.5) is 5.95 Å². The van der Waals surface area contributed by atoms with Gasteiger partial charge in [-0.15, -0.1) is 0 Å². The van der Waals surface area contributed by atoms with Crippen LogP contribution in [0.15, 0.2) is 6.20 Å². The molecule has 0 saturated carbocycles. The fourth-order valence-electron chi connectivity index (χ4n) is 5.81. The van der Waals surface area contributed by atoms with E-state index in [1.54, 1.807) is 0 Å². The molecule has 7 nitrogen and oxygen atoms in total. The van der Waals surface area contributed by atoms with E-state index in [0.717, 1.165) is 57.1 Å². The number of aryl methyl sites for hydroxylation is 2. The Kier molecular flexibility index (Phi) is 5.27. The standard InChI is InChI=1S/C23H34N6O/c1-4-29-16(3)20(15(2)26-29)13-28-18-7-8-22(28)19-11-24-23(25-21(19)10-18)27-9-5-6-17(12-27)14-30/h11,17-18,22,30H,4-10,12-14H2,1-3H3/t17-,18+,22+/m1/s1. The highest BCUT2D eigenvalue weighted by atomic mass is 16.3.